The molecule has 1 rings (SSSR count). The lowest BCUT2D eigenvalue weighted by molar-refractivity contribution is -0.0764. The number of carbonyl (C=O) groups is 1. The Kier molecular flexibility index (Phi) is 4.12. The van der Waals surface area contributed by atoms with Gasteiger partial charge in [0.1, 0.15) is 5.69 Å². The lowest BCUT2D eigenvalue weighted by Crippen LogP contribution is -2.26. The molecule has 0 unspecified atom stereocenters. The third-order valence-electron chi connectivity index (χ3n) is 1.71. The molecule has 1 heterocycles. The zero-order valence-electron chi connectivity index (χ0n) is 8.68. The number of pyridine rings is 1. The minimum Gasteiger partial charge on any atom is -0.417 e. The lowest BCUT2D eigenvalue weighted by atomic mass is 10.3. The minimum atomic E-state index is -2.97. The summed E-state index contributed by atoms with van der Waals surface area (Å²) in [6.45, 7) is -2.97. The number of ether oxygens (including phenoxy) is 1. The van der Waals surface area contributed by atoms with E-state index in [0.29, 0.717) is 0 Å². The second kappa shape index (κ2) is 5.36. The summed E-state index contributed by atoms with van der Waals surface area (Å²) in [4.78, 5) is 19.8. The van der Waals surface area contributed by atoms with E-state index in [-0.39, 0.29) is 11.6 Å². The van der Waals surface area contributed by atoms with Crippen LogP contribution >= 0.6 is 0 Å². The van der Waals surface area contributed by atoms with Gasteiger partial charge in [0.2, 0.25) is 5.88 Å². The highest BCUT2D eigenvalue weighted by molar-refractivity contribution is 5.91. The van der Waals surface area contributed by atoms with Crippen LogP contribution < -0.4 is 4.74 Å². The van der Waals surface area contributed by atoms with Crippen molar-refractivity contribution < 1.29 is 23.1 Å². The van der Waals surface area contributed by atoms with Gasteiger partial charge in [-0.05, 0) is 6.07 Å². The molecule has 0 fully saturated rings. The largest absolute Gasteiger partial charge is 0.417 e. The molecular weight excluding hydrogens is 222 g/mol. The molecule has 5 nitrogen and oxygen atoms in total. The Balaban J connectivity index is 2.85. The van der Waals surface area contributed by atoms with E-state index in [1.54, 1.807) is 0 Å². The van der Waals surface area contributed by atoms with Gasteiger partial charge in [0.05, 0.1) is 7.11 Å². The molecule has 0 spiro atoms. The second-order valence-electron chi connectivity index (χ2n) is 2.72. The number of carbonyl (C=O) groups excluding carboxylic acids is 1. The number of rotatable bonds is 4. The maximum Gasteiger partial charge on any atom is 0.388 e. The molecule has 1 aromatic heterocycles. The van der Waals surface area contributed by atoms with E-state index in [1.165, 1.54) is 32.4 Å². The zero-order valence-corrected chi connectivity index (χ0v) is 8.68. The van der Waals surface area contributed by atoms with E-state index in [4.69, 9.17) is 0 Å². The molecular formula is C9H10F2N2O3. The van der Waals surface area contributed by atoms with E-state index in [2.05, 4.69) is 14.6 Å². The van der Waals surface area contributed by atoms with Crippen LogP contribution in [0.25, 0.3) is 0 Å². The Labute approximate surface area is 90.5 Å². The summed E-state index contributed by atoms with van der Waals surface area (Å²) < 4.78 is 27.9. The second-order valence-corrected chi connectivity index (χ2v) is 2.72. The molecule has 0 aromatic carbocycles. The van der Waals surface area contributed by atoms with Gasteiger partial charge in [-0.25, -0.2) is 10.0 Å². The Bertz CT molecular complexity index is 374. The van der Waals surface area contributed by atoms with E-state index in [9.17, 15) is 13.6 Å². The number of hydroxylamine groups is 2. The van der Waals surface area contributed by atoms with E-state index in [1.807, 2.05) is 0 Å². The summed E-state index contributed by atoms with van der Waals surface area (Å²) in [5, 5.41) is 0.925. The average molecular weight is 232 g/mol. The molecule has 0 bridgehead atoms. The third kappa shape index (κ3) is 3.13. The number of halogens is 2. The predicted octanol–water partition coefficient (Wildman–Crippen LogP) is 1.32. The summed E-state index contributed by atoms with van der Waals surface area (Å²) in [6, 6.07) is 3.99. The Morgan fingerprint density at radius 2 is 2.19 bits per heavy atom. The lowest BCUT2D eigenvalue weighted by Gasteiger charge is -2.13. The first-order valence-corrected chi connectivity index (χ1v) is 4.28. The van der Waals surface area contributed by atoms with Gasteiger partial charge >= 0.3 is 6.61 Å². The SMILES string of the molecule is CON(C)C(=O)c1cccc(OC(F)F)n1. The molecule has 1 amide bonds. The highest BCUT2D eigenvalue weighted by Crippen LogP contribution is 2.11. The van der Waals surface area contributed by atoms with Crippen molar-refractivity contribution in [3.8, 4) is 5.88 Å². The first-order chi connectivity index (χ1) is 7.54. The molecule has 1 aromatic rings. The molecule has 0 saturated heterocycles. The summed E-state index contributed by atoms with van der Waals surface area (Å²) in [7, 11) is 2.68. The van der Waals surface area contributed by atoms with Crippen LogP contribution in [0.2, 0.25) is 0 Å². The molecule has 0 saturated carbocycles. The van der Waals surface area contributed by atoms with Gasteiger partial charge in [-0.1, -0.05) is 6.07 Å². The van der Waals surface area contributed by atoms with Crippen molar-refractivity contribution in [3.05, 3.63) is 23.9 Å². The van der Waals surface area contributed by atoms with Gasteiger partial charge in [-0.3, -0.25) is 9.63 Å². The molecule has 0 N–H and O–H groups in total. The van der Waals surface area contributed by atoms with Gasteiger partial charge in [0.25, 0.3) is 5.91 Å². The molecule has 0 aliphatic rings. The van der Waals surface area contributed by atoms with Crippen LogP contribution in [0, 0.1) is 0 Å². The number of amides is 1. The Morgan fingerprint density at radius 1 is 1.50 bits per heavy atom. The molecule has 88 valence electrons. The maximum atomic E-state index is 11.9. The van der Waals surface area contributed by atoms with Crippen molar-refractivity contribution in [2.75, 3.05) is 14.2 Å². The molecule has 0 aliphatic carbocycles. The fourth-order valence-electron chi connectivity index (χ4n) is 0.935. The van der Waals surface area contributed by atoms with E-state index in [0.717, 1.165) is 5.06 Å². The Morgan fingerprint density at radius 3 is 2.75 bits per heavy atom. The fraction of sp³-hybridized carbons (Fsp3) is 0.333. The summed E-state index contributed by atoms with van der Waals surface area (Å²) >= 11 is 0. The van der Waals surface area contributed by atoms with Crippen molar-refractivity contribution in [1.29, 1.82) is 0 Å². The number of aromatic nitrogens is 1. The average Bonchev–Trinajstić information content (AvgIpc) is 2.26. The molecule has 0 radical (unpaired) electrons. The minimum absolute atomic E-state index is 0.0394. The standard InChI is InChI=1S/C9H10F2N2O3/c1-13(15-2)8(14)6-4-3-5-7(12-6)16-9(10)11/h3-5,9H,1-2H3. The van der Waals surface area contributed by atoms with Gasteiger partial charge in [-0.15, -0.1) is 0 Å². The highest BCUT2D eigenvalue weighted by atomic mass is 19.3. The van der Waals surface area contributed by atoms with Crippen LogP contribution in [0.1, 0.15) is 10.5 Å². The van der Waals surface area contributed by atoms with Crippen LogP contribution in [-0.2, 0) is 4.84 Å². The normalized spacial score (nSPS) is 10.3. The third-order valence-corrected chi connectivity index (χ3v) is 1.71. The van der Waals surface area contributed by atoms with Crippen molar-refractivity contribution in [2.24, 2.45) is 0 Å². The van der Waals surface area contributed by atoms with Crippen LogP contribution in [0.15, 0.2) is 18.2 Å². The predicted molar refractivity (Wildman–Crippen MR) is 50.0 cm³/mol. The number of alkyl halides is 2. The van der Waals surface area contributed by atoms with E-state index >= 15 is 0 Å². The van der Waals surface area contributed by atoms with Gasteiger partial charge in [0.15, 0.2) is 0 Å². The van der Waals surface area contributed by atoms with Gasteiger partial charge in [0, 0.05) is 13.1 Å². The Hall–Kier alpha value is -1.76. The van der Waals surface area contributed by atoms with Crippen molar-refractivity contribution in [3.63, 3.8) is 0 Å². The maximum absolute atomic E-state index is 11.9. The van der Waals surface area contributed by atoms with E-state index < -0.39 is 12.5 Å². The molecule has 16 heavy (non-hydrogen) atoms. The van der Waals surface area contributed by atoms with Crippen molar-refractivity contribution in [2.45, 2.75) is 6.61 Å². The van der Waals surface area contributed by atoms with Crippen molar-refractivity contribution in [1.82, 2.24) is 10.0 Å². The number of hydrogen-bond donors (Lipinski definition) is 0. The van der Waals surface area contributed by atoms with Crippen LogP contribution in [0.5, 0.6) is 5.88 Å². The zero-order chi connectivity index (χ0) is 12.1. The summed E-state index contributed by atoms with van der Waals surface area (Å²) in [5.41, 5.74) is -0.0394. The highest BCUT2D eigenvalue weighted by Gasteiger charge is 2.14. The number of hydrogen-bond acceptors (Lipinski definition) is 4. The smallest absolute Gasteiger partial charge is 0.388 e. The van der Waals surface area contributed by atoms with Gasteiger partial charge in [-0.2, -0.15) is 8.78 Å². The first-order valence-electron chi connectivity index (χ1n) is 4.28. The first kappa shape index (κ1) is 12.3. The fourth-order valence-corrected chi connectivity index (χ4v) is 0.935. The van der Waals surface area contributed by atoms with Crippen LogP contribution in [0.3, 0.4) is 0 Å². The summed E-state index contributed by atoms with van der Waals surface area (Å²) in [5.74, 6) is -0.868. The topological polar surface area (TPSA) is 51.7 Å². The van der Waals surface area contributed by atoms with Crippen molar-refractivity contribution >= 4 is 5.91 Å². The van der Waals surface area contributed by atoms with Crippen LogP contribution in [-0.4, -0.2) is 36.7 Å². The van der Waals surface area contributed by atoms with Crippen LogP contribution in [0.4, 0.5) is 8.78 Å². The van der Waals surface area contributed by atoms with Gasteiger partial charge < -0.3 is 4.74 Å². The molecule has 7 heteroatoms. The molecule has 0 atom stereocenters. The molecule has 0 aliphatic heterocycles. The quantitative estimate of drug-likeness (QED) is 0.734. The summed E-state index contributed by atoms with van der Waals surface area (Å²) in [6.07, 6.45) is 0. The monoisotopic (exact) mass is 232 g/mol. The number of nitrogens with zero attached hydrogens (tertiary/aromatic N) is 2.